The molecular weight excluding hydrogens is 246 g/mol. The molecule has 0 saturated heterocycles. The van der Waals surface area contributed by atoms with E-state index in [1.165, 1.54) is 6.08 Å². The van der Waals surface area contributed by atoms with Gasteiger partial charge in [-0.05, 0) is 31.1 Å². The van der Waals surface area contributed by atoms with Gasteiger partial charge in [-0.2, -0.15) is 0 Å². The van der Waals surface area contributed by atoms with Crippen LogP contribution >= 0.6 is 0 Å². The molecule has 0 saturated carbocycles. The van der Waals surface area contributed by atoms with Crippen molar-refractivity contribution in [3.8, 4) is 0 Å². The highest BCUT2D eigenvalue weighted by atomic mass is 16.4. The number of aliphatic carboxylic acids is 1. The number of nitrogens with one attached hydrogen (secondary N) is 1. The Morgan fingerprint density at radius 2 is 2.11 bits per heavy atom. The third-order valence-electron chi connectivity index (χ3n) is 2.78. The van der Waals surface area contributed by atoms with Gasteiger partial charge in [0.05, 0.1) is 5.92 Å². The molecule has 0 aliphatic rings. The SMILES string of the molecule is Cc1ccc(C=CC(=O)NCC(C(=O)O)C(C)C)o1. The molecule has 1 atom stereocenters. The van der Waals surface area contributed by atoms with Crippen molar-refractivity contribution in [1.29, 1.82) is 0 Å². The van der Waals surface area contributed by atoms with Crippen LogP contribution in [0, 0.1) is 18.8 Å². The molecule has 0 bridgehead atoms. The molecule has 1 rings (SSSR count). The summed E-state index contributed by atoms with van der Waals surface area (Å²) in [6.07, 6.45) is 2.88. The van der Waals surface area contributed by atoms with Crippen LogP contribution in [0.15, 0.2) is 22.6 Å². The van der Waals surface area contributed by atoms with Crippen LogP contribution in [-0.2, 0) is 9.59 Å². The minimum absolute atomic E-state index is 0.0329. The lowest BCUT2D eigenvalue weighted by atomic mass is 9.96. The maximum absolute atomic E-state index is 11.5. The fraction of sp³-hybridized carbons (Fsp3) is 0.429. The van der Waals surface area contributed by atoms with Crippen molar-refractivity contribution >= 4 is 18.0 Å². The molecule has 0 radical (unpaired) electrons. The highest BCUT2D eigenvalue weighted by Crippen LogP contribution is 2.10. The molecule has 104 valence electrons. The Hall–Kier alpha value is -2.04. The molecule has 0 aliphatic carbocycles. The van der Waals surface area contributed by atoms with E-state index in [0.29, 0.717) is 5.76 Å². The Morgan fingerprint density at radius 1 is 1.42 bits per heavy atom. The molecule has 1 amide bonds. The van der Waals surface area contributed by atoms with Crippen molar-refractivity contribution in [2.75, 3.05) is 6.54 Å². The number of aryl methyl sites for hydroxylation is 1. The van der Waals surface area contributed by atoms with Gasteiger partial charge in [0, 0.05) is 12.6 Å². The van der Waals surface area contributed by atoms with E-state index in [1.807, 2.05) is 20.8 Å². The Morgan fingerprint density at radius 3 is 2.58 bits per heavy atom. The van der Waals surface area contributed by atoms with Crippen LogP contribution in [0.25, 0.3) is 6.08 Å². The van der Waals surface area contributed by atoms with Crippen LogP contribution < -0.4 is 5.32 Å². The Bertz CT molecular complexity index is 474. The molecular formula is C14H19NO4. The summed E-state index contributed by atoms with van der Waals surface area (Å²) in [7, 11) is 0. The highest BCUT2D eigenvalue weighted by Gasteiger charge is 2.21. The lowest BCUT2D eigenvalue weighted by molar-refractivity contribution is -0.143. The minimum Gasteiger partial charge on any atom is -0.481 e. The number of carboxylic acids is 1. The summed E-state index contributed by atoms with van der Waals surface area (Å²) in [6, 6.07) is 3.56. The molecule has 0 spiro atoms. The van der Waals surface area contributed by atoms with E-state index >= 15 is 0 Å². The first-order valence-electron chi connectivity index (χ1n) is 6.15. The van der Waals surface area contributed by atoms with Crippen molar-refractivity contribution in [2.24, 2.45) is 11.8 Å². The third-order valence-corrected chi connectivity index (χ3v) is 2.78. The average molecular weight is 265 g/mol. The van der Waals surface area contributed by atoms with Gasteiger partial charge in [-0.3, -0.25) is 9.59 Å². The zero-order valence-electron chi connectivity index (χ0n) is 11.3. The Balaban J connectivity index is 2.47. The van der Waals surface area contributed by atoms with E-state index in [0.717, 1.165) is 5.76 Å². The molecule has 1 heterocycles. The Kier molecular flexibility index (Phi) is 5.36. The number of rotatable bonds is 6. The predicted octanol–water partition coefficient (Wildman–Crippen LogP) is 2.07. The molecule has 1 unspecified atom stereocenters. The molecule has 19 heavy (non-hydrogen) atoms. The summed E-state index contributed by atoms with van der Waals surface area (Å²) in [5, 5.41) is 11.6. The number of carbonyl (C=O) groups excluding carboxylic acids is 1. The fourth-order valence-corrected chi connectivity index (χ4v) is 1.58. The number of hydrogen-bond donors (Lipinski definition) is 2. The van der Waals surface area contributed by atoms with Crippen molar-refractivity contribution in [2.45, 2.75) is 20.8 Å². The molecule has 1 aromatic heterocycles. The van der Waals surface area contributed by atoms with Crippen LogP contribution in [0.5, 0.6) is 0 Å². The van der Waals surface area contributed by atoms with Gasteiger partial charge < -0.3 is 14.8 Å². The van der Waals surface area contributed by atoms with Crippen LogP contribution in [0.4, 0.5) is 0 Å². The standard InChI is InChI=1S/C14H19NO4/c1-9(2)12(14(17)18)8-15-13(16)7-6-11-5-4-10(3)19-11/h4-7,9,12H,8H2,1-3H3,(H,15,16)(H,17,18). The number of carbonyl (C=O) groups is 2. The van der Waals surface area contributed by atoms with E-state index < -0.39 is 11.9 Å². The van der Waals surface area contributed by atoms with E-state index in [-0.39, 0.29) is 18.4 Å². The zero-order chi connectivity index (χ0) is 14.4. The van der Waals surface area contributed by atoms with Gasteiger partial charge in [-0.1, -0.05) is 13.8 Å². The van der Waals surface area contributed by atoms with Crippen molar-refractivity contribution in [3.63, 3.8) is 0 Å². The second kappa shape index (κ2) is 6.78. The molecule has 2 N–H and O–H groups in total. The molecule has 5 nitrogen and oxygen atoms in total. The van der Waals surface area contributed by atoms with Crippen LogP contribution in [0.3, 0.4) is 0 Å². The normalized spacial score (nSPS) is 12.8. The van der Waals surface area contributed by atoms with Crippen LogP contribution in [0.1, 0.15) is 25.4 Å². The molecule has 1 aromatic rings. The number of furan rings is 1. The van der Waals surface area contributed by atoms with Gasteiger partial charge in [0.1, 0.15) is 11.5 Å². The molecule has 0 aromatic carbocycles. The predicted molar refractivity (Wildman–Crippen MR) is 71.5 cm³/mol. The van der Waals surface area contributed by atoms with E-state index in [4.69, 9.17) is 9.52 Å². The molecule has 0 aliphatic heterocycles. The zero-order valence-corrected chi connectivity index (χ0v) is 11.3. The van der Waals surface area contributed by atoms with E-state index in [2.05, 4.69) is 5.32 Å². The van der Waals surface area contributed by atoms with Gasteiger partial charge in [-0.15, -0.1) is 0 Å². The smallest absolute Gasteiger partial charge is 0.308 e. The first-order chi connectivity index (χ1) is 8.90. The van der Waals surface area contributed by atoms with Crippen molar-refractivity contribution < 1.29 is 19.1 Å². The van der Waals surface area contributed by atoms with Crippen molar-refractivity contribution in [1.82, 2.24) is 5.32 Å². The topological polar surface area (TPSA) is 79.5 Å². The lowest BCUT2D eigenvalue weighted by Crippen LogP contribution is -2.34. The second-order valence-electron chi connectivity index (χ2n) is 4.72. The van der Waals surface area contributed by atoms with Crippen molar-refractivity contribution in [3.05, 3.63) is 29.7 Å². The van der Waals surface area contributed by atoms with Gasteiger partial charge in [-0.25, -0.2) is 0 Å². The quantitative estimate of drug-likeness (QED) is 0.772. The van der Waals surface area contributed by atoms with Crippen LogP contribution in [-0.4, -0.2) is 23.5 Å². The maximum Gasteiger partial charge on any atom is 0.308 e. The lowest BCUT2D eigenvalue weighted by Gasteiger charge is -2.15. The van der Waals surface area contributed by atoms with Gasteiger partial charge >= 0.3 is 5.97 Å². The summed E-state index contributed by atoms with van der Waals surface area (Å²) in [6.45, 7) is 5.56. The average Bonchev–Trinajstić information content (AvgIpc) is 2.71. The van der Waals surface area contributed by atoms with Gasteiger partial charge in [0.2, 0.25) is 5.91 Å². The molecule has 5 heteroatoms. The van der Waals surface area contributed by atoms with Crippen LogP contribution in [0.2, 0.25) is 0 Å². The van der Waals surface area contributed by atoms with E-state index in [1.54, 1.807) is 18.2 Å². The minimum atomic E-state index is -0.902. The monoisotopic (exact) mass is 265 g/mol. The summed E-state index contributed by atoms with van der Waals surface area (Å²) in [5.74, 6) is -0.489. The largest absolute Gasteiger partial charge is 0.481 e. The maximum atomic E-state index is 11.5. The summed E-state index contributed by atoms with van der Waals surface area (Å²) >= 11 is 0. The first-order valence-corrected chi connectivity index (χ1v) is 6.15. The highest BCUT2D eigenvalue weighted by molar-refractivity contribution is 5.91. The number of carboxylic acid groups (broad SMARTS) is 1. The van der Waals surface area contributed by atoms with Gasteiger partial charge in [0.25, 0.3) is 0 Å². The summed E-state index contributed by atoms with van der Waals surface area (Å²) in [5.41, 5.74) is 0. The number of amides is 1. The Labute approximate surface area is 112 Å². The fourth-order valence-electron chi connectivity index (χ4n) is 1.58. The molecule has 0 fully saturated rings. The second-order valence-corrected chi connectivity index (χ2v) is 4.72. The summed E-state index contributed by atoms with van der Waals surface area (Å²) < 4.78 is 5.28. The van der Waals surface area contributed by atoms with Gasteiger partial charge in [0.15, 0.2) is 0 Å². The summed E-state index contributed by atoms with van der Waals surface area (Å²) in [4.78, 5) is 22.5. The van der Waals surface area contributed by atoms with E-state index in [9.17, 15) is 9.59 Å². The number of hydrogen-bond acceptors (Lipinski definition) is 3. The first kappa shape index (κ1) is 15.0. The third kappa shape index (κ3) is 4.99.